The van der Waals surface area contributed by atoms with Crippen LogP contribution in [0.3, 0.4) is 0 Å². The monoisotopic (exact) mass is 201 g/mol. The average molecular weight is 201 g/mol. The van der Waals surface area contributed by atoms with E-state index in [4.69, 9.17) is 4.74 Å². The summed E-state index contributed by atoms with van der Waals surface area (Å²) in [5.74, 6) is 0. The summed E-state index contributed by atoms with van der Waals surface area (Å²) in [6, 6.07) is 0. The Labute approximate surface area is 89.4 Å². The van der Waals surface area contributed by atoms with Gasteiger partial charge in [-0.15, -0.1) is 0 Å². The van der Waals surface area contributed by atoms with Crippen LogP contribution in [0, 0.1) is 10.8 Å². The molecule has 0 amide bonds. The Balaban J connectivity index is 3.73. The molecule has 2 nitrogen and oxygen atoms in total. The molecule has 0 fully saturated rings. The molecule has 14 heavy (non-hydrogen) atoms. The van der Waals surface area contributed by atoms with E-state index in [1.165, 1.54) is 6.42 Å². The van der Waals surface area contributed by atoms with E-state index in [1.54, 1.807) is 0 Å². The Morgan fingerprint density at radius 2 is 1.50 bits per heavy atom. The number of rotatable bonds is 7. The van der Waals surface area contributed by atoms with Gasteiger partial charge in [0.15, 0.2) is 0 Å². The number of hydrogen-bond donors (Lipinski definition) is 1. The van der Waals surface area contributed by atoms with Gasteiger partial charge in [-0.25, -0.2) is 0 Å². The van der Waals surface area contributed by atoms with Crippen LogP contribution in [0.25, 0.3) is 0 Å². The van der Waals surface area contributed by atoms with Crippen molar-refractivity contribution in [2.45, 2.75) is 41.0 Å². The van der Waals surface area contributed by atoms with Gasteiger partial charge in [-0.1, -0.05) is 34.6 Å². The van der Waals surface area contributed by atoms with Gasteiger partial charge in [0, 0.05) is 12.0 Å². The molecule has 0 aromatic heterocycles. The van der Waals surface area contributed by atoms with Gasteiger partial charge in [0.1, 0.15) is 0 Å². The van der Waals surface area contributed by atoms with Gasteiger partial charge in [-0.2, -0.15) is 0 Å². The average Bonchev–Trinajstić information content (AvgIpc) is 2.03. The second-order valence-electron chi connectivity index (χ2n) is 5.71. The minimum atomic E-state index is 0.235. The van der Waals surface area contributed by atoms with Crippen LogP contribution in [-0.2, 0) is 4.74 Å². The SMILES string of the molecule is CCC(C)(C)COCC(C)(C)CNC. The molecule has 1 N–H and O–H groups in total. The zero-order valence-electron chi connectivity index (χ0n) is 10.7. The van der Waals surface area contributed by atoms with E-state index in [0.717, 1.165) is 19.8 Å². The normalized spacial score (nSPS) is 13.3. The molecule has 0 spiro atoms. The first-order valence-corrected chi connectivity index (χ1v) is 5.55. The van der Waals surface area contributed by atoms with Crippen molar-refractivity contribution in [1.29, 1.82) is 0 Å². The maximum absolute atomic E-state index is 5.77. The molecule has 0 rings (SSSR count). The molecule has 0 saturated carbocycles. The van der Waals surface area contributed by atoms with Crippen LogP contribution in [0.1, 0.15) is 41.0 Å². The molecule has 0 aromatic carbocycles. The third-order valence-corrected chi connectivity index (χ3v) is 2.60. The molecule has 0 atom stereocenters. The van der Waals surface area contributed by atoms with Gasteiger partial charge < -0.3 is 10.1 Å². The fourth-order valence-corrected chi connectivity index (χ4v) is 1.24. The summed E-state index contributed by atoms with van der Waals surface area (Å²) in [7, 11) is 1.98. The van der Waals surface area contributed by atoms with Gasteiger partial charge in [0.05, 0.1) is 13.2 Å². The zero-order valence-corrected chi connectivity index (χ0v) is 10.7. The summed E-state index contributed by atoms with van der Waals surface area (Å²) < 4.78 is 5.77. The Kier molecular flexibility index (Phi) is 5.68. The predicted molar refractivity (Wildman–Crippen MR) is 62.6 cm³/mol. The lowest BCUT2D eigenvalue weighted by Gasteiger charge is -2.28. The van der Waals surface area contributed by atoms with Crippen molar-refractivity contribution in [1.82, 2.24) is 5.32 Å². The molecule has 0 aliphatic rings. The second-order valence-corrected chi connectivity index (χ2v) is 5.71. The van der Waals surface area contributed by atoms with E-state index in [2.05, 4.69) is 39.9 Å². The Bertz CT molecular complexity index is 152. The summed E-state index contributed by atoms with van der Waals surface area (Å²) in [4.78, 5) is 0. The van der Waals surface area contributed by atoms with E-state index in [1.807, 2.05) is 7.05 Å². The van der Waals surface area contributed by atoms with Crippen LogP contribution in [0.2, 0.25) is 0 Å². The lowest BCUT2D eigenvalue weighted by molar-refractivity contribution is 0.0148. The first-order chi connectivity index (χ1) is 6.33. The first-order valence-electron chi connectivity index (χ1n) is 5.55. The summed E-state index contributed by atoms with van der Waals surface area (Å²) in [6.45, 7) is 13.8. The van der Waals surface area contributed by atoms with E-state index in [-0.39, 0.29) is 5.41 Å². The van der Waals surface area contributed by atoms with Crippen molar-refractivity contribution in [3.05, 3.63) is 0 Å². The highest BCUT2D eigenvalue weighted by Crippen LogP contribution is 2.21. The molecule has 2 heteroatoms. The summed E-state index contributed by atoms with van der Waals surface area (Å²) in [6.07, 6.45) is 1.17. The van der Waals surface area contributed by atoms with Crippen molar-refractivity contribution in [3.8, 4) is 0 Å². The Morgan fingerprint density at radius 3 is 1.93 bits per heavy atom. The predicted octanol–water partition coefficient (Wildman–Crippen LogP) is 2.68. The zero-order chi connectivity index (χ0) is 11.2. The molecular formula is C12H27NO. The van der Waals surface area contributed by atoms with E-state index in [0.29, 0.717) is 5.41 Å². The van der Waals surface area contributed by atoms with E-state index < -0.39 is 0 Å². The van der Waals surface area contributed by atoms with E-state index >= 15 is 0 Å². The number of ether oxygens (including phenoxy) is 1. The third-order valence-electron chi connectivity index (χ3n) is 2.60. The maximum Gasteiger partial charge on any atom is 0.0529 e. The van der Waals surface area contributed by atoms with Crippen LogP contribution in [0.15, 0.2) is 0 Å². The molecule has 86 valence electrons. The Hall–Kier alpha value is -0.0800. The summed E-state index contributed by atoms with van der Waals surface area (Å²) >= 11 is 0. The minimum Gasteiger partial charge on any atom is -0.380 e. The minimum absolute atomic E-state index is 0.235. The highest BCUT2D eigenvalue weighted by Gasteiger charge is 2.20. The lowest BCUT2D eigenvalue weighted by atomic mass is 9.91. The summed E-state index contributed by atoms with van der Waals surface area (Å²) in [5.41, 5.74) is 0.550. The highest BCUT2D eigenvalue weighted by atomic mass is 16.5. The molecule has 0 heterocycles. The Morgan fingerprint density at radius 1 is 1.00 bits per heavy atom. The fraction of sp³-hybridized carbons (Fsp3) is 1.00. The van der Waals surface area contributed by atoms with Gasteiger partial charge >= 0.3 is 0 Å². The second kappa shape index (κ2) is 5.72. The first kappa shape index (κ1) is 13.9. The van der Waals surface area contributed by atoms with Gasteiger partial charge in [0.25, 0.3) is 0 Å². The van der Waals surface area contributed by atoms with Crippen LogP contribution in [0.5, 0.6) is 0 Å². The van der Waals surface area contributed by atoms with Crippen LogP contribution in [0.4, 0.5) is 0 Å². The van der Waals surface area contributed by atoms with Crippen molar-refractivity contribution < 1.29 is 4.74 Å². The van der Waals surface area contributed by atoms with Crippen molar-refractivity contribution in [2.75, 3.05) is 26.8 Å². The largest absolute Gasteiger partial charge is 0.380 e. The van der Waals surface area contributed by atoms with Gasteiger partial charge in [-0.3, -0.25) is 0 Å². The number of nitrogens with one attached hydrogen (secondary N) is 1. The van der Waals surface area contributed by atoms with Crippen LogP contribution >= 0.6 is 0 Å². The highest BCUT2D eigenvalue weighted by molar-refractivity contribution is 4.71. The van der Waals surface area contributed by atoms with Crippen molar-refractivity contribution in [3.63, 3.8) is 0 Å². The molecule has 0 unspecified atom stereocenters. The maximum atomic E-state index is 5.77. The molecule has 0 radical (unpaired) electrons. The van der Waals surface area contributed by atoms with Crippen LogP contribution in [-0.4, -0.2) is 26.8 Å². The van der Waals surface area contributed by atoms with Gasteiger partial charge in [-0.05, 0) is 18.9 Å². The quantitative estimate of drug-likeness (QED) is 0.684. The van der Waals surface area contributed by atoms with Crippen molar-refractivity contribution >= 4 is 0 Å². The molecule has 0 aromatic rings. The van der Waals surface area contributed by atoms with Gasteiger partial charge in [0.2, 0.25) is 0 Å². The third kappa shape index (κ3) is 6.39. The van der Waals surface area contributed by atoms with Crippen LogP contribution < -0.4 is 5.32 Å². The smallest absolute Gasteiger partial charge is 0.0529 e. The lowest BCUT2D eigenvalue weighted by Crippen LogP contribution is -2.32. The standard InChI is InChI=1S/C12H27NO/c1-7-11(2,3)9-14-10-12(4,5)8-13-6/h13H,7-10H2,1-6H3. The molecule has 0 saturated heterocycles. The topological polar surface area (TPSA) is 21.3 Å². The molecule has 0 aliphatic carbocycles. The van der Waals surface area contributed by atoms with E-state index in [9.17, 15) is 0 Å². The molecule has 0 bridgehead atoms. The molecule has 0 aliphatic heterocycles. The van der Waals surface area contributed by atoms with Crippen molar-refractivity contribution in [2.24, 2.45) is 10.8 Å². The fourth-order valence-electron chi connectivity index (χ4n) is 1.24. The summed E-state index contributed by atoms with van der Waals surface area (Å²) in [5, 5.41) is 3.19. The molecular weight excluding hydrogens is 174 g/mol. The number of hydrogen-bond acceptors (Lipinski definition) is 2.